The molecule has 0 aliphatic carbocycles. The molecule has 1 aliphatic heterocycles. The van der Waals surface area contributed by atoms with Gasteiger partial charge in [-0.05, 0) is 46.8 Å². The predicted molar refractivity (Wildman–Crippen MR) is 85.8 cm³/mol. The zero-order valence-electron chi connectivity index (χ0n) is 13.7. The summed E-state index contributed by atoms with van der Waals surface area (Å²) in [5.41, 5.74) is 2.48. The summed E-state index contributed by atoms with van der Waals surface area (Å²) >= 11 is 0. The molecule has 1 amide bonds. The fourth-order valence-corrected chi connectivity index (χ4v) is 2.91. The highest BCUT2D eigenvalue weighted by Gasteiger charge is 2.34. The van der Waals surface area contributed by atoms with E-state index >= 15 is 0 Å². The molecular formula is C17H26N2O2. The predicted octanol–water partition coefficient (Wildman–Crippen LogP) is 3.44. The number of carbonyl (C=O) groups is 1. The zero-order chi connectivity index (χ0) is 15.6. The first-order chi connectivity index (χ1) is 9.88. The van der Waals surface area contributed by atoms with Crippen LogP contribution < -0.4 is 4.90 Å². The molecule has 0 radical (unpaired) electrons. The van der Waals surface area contributed by atoms with Crippen molar-refractivity contribution in [2.75, 3.05) is 18.0 Å². The molecule has 21 heavy (non-hydrogen) atoms. The van der Waals surface area contributed by atoms with Crippen LogP contribution in [0.15, 0.2) is 24.3 Å². The van der Waals surface area contributed by atoms with E-state index in [0.717, 1.165) is 13.1 Å². The molecule has 0 N–H and O–H groups in total. The van der Waals surface area contributed by atoms with Gasteiger partial charge in [0.15, 0.2) is 0 Å². The van der Waals surface area contributed by atoms with Crippen molar-refractivity contribution < 1.29 is 9.53 Å². The average Bonchev–Trinajstić information content (AvgIpc) is 2.37. The molecule has 1 saturated heterocycles. The zero-order valence-corrected chi connectivity index (χ0v) is 13.7. The second-order valence-corrected chi connectivity index (χ2v) is 6.28. The molecule has 1 aromatic rings. The van der Waals surface area contributed by atoms with Crippen LogP contribution in [0.3, 0.4) is 0 Å². The van der Waals surface area contributed by atoms with Gasteiger partial charge < -0.3 is 9.64 Å². The van der Waals surface area contributed by atoms with E-state index < -0.39 is 0 Å². The molecule has 0 saturated carbocycles. The molecule has 4 nitrogen and oxygen atoms in total. The number of hydrogen-bond acceptors (Lipinski definition) is 3. The van der Waals surface area contributed by atoms with E-state index in [1.807, 2.05) is 18.7 Å². The lowest BCUT2D eigenvalue weighted by Crippen LogP contribution is -2.59. The highest BCUT2D eigenvalue weighted by Crippen LogP contribution is 2.23. The maximum Gasteiger partial charge on any atom is 0.410 e. The summed E-state index contributed by atoms with van der Waals surface area (Å²) in [7, 11) is 0. The number of aryl methyl sites for hydroxylation is 1. The van der Waals surface area contributed by atoms with Crippen molar-refractivity contribution in [3.63, 3.8) is 0 Å². The molecule has 1 aliphatic rings. The minimum atomic E-state index is -0.200. The van der Waals surface area contributed by atoms with Crippen LogP contribution in [0.1, 0.15) is 33.3 Å². The molecule has 1 fully saturated rings. The Morgan fingerprint density at radius 1 is 1.14 bits per heavy atom. The van der Waals surface area contributed by atoms with Gasteiger partial charge >= 0.3 is 6.09 Å². The van der Waals surface area contributed by atoms with E-state index in [1.54, 1.807) is 0 Å². The van der Waals surface area contributed by atoms with Gasteiger partial charge in [0.25, 0.3) is 0 Å². The van der Waals surface area contributed by atoms with E-state index in [0.29, 0.717) is 0 Å². The number of hydrogen-bond donors (Lipinski definition) is 0. The second kappa shape index (κ2) is 6.37. The third kappa shape index (κ3) is 3.69. The van der Waals surface area contributed by atoms with E-state index in [4.69, 9.17) is 4.74 Å². The quantitative estimate of drug-likeness (QED) is 0.836. The summed E-state index contributed by atoms with van der Waals surface area (Å²) in [6.45, 7) is 11.7. The second-order valence-electron chi connectivity index (χ2n) is 6.28. The fraction of sp³-hybridized carbons (Fsp3) is 0.588. The molecule has 0 aromatic heterocycles. The van der Waals surface area contributed by atoms with E-state index in [2.05, 4.69) is 49.9 Å². The van der Waals surface area contributed by atoms with Crippen LogP contribution in [0.5, 0.6) is 0 Å². The van der Waals surface area contributed by atoms with Gasteiger partial charge in [-0.15, -0.1) is 0 Å². The summed E-state index contributed by atoms with van der Waals surface area (Å²) in [6, 6.07) is 8.84. The molecule has 2 rings (SSSR count). The Morgan fingerprint density at radius 2 is 1.67 bits per heavy atom. The third-order valence-corrected chi connectivity index (χ3v) is 3.87. The molecule has 1 aromatic carbocycles. The number of ether oxygens (including phenoxy) is 1. The van der Waals surface area contributed by atoms with Crippen LogP contribution in [-0.2, 0) is 4.74 Å². The summed E-state index contributed by atoms with van der Waals surface area (Å²) in [6.07, 6.45) is -0.277. The number of piperazine rings is 1. The van der Waals surface area contributed by atoms with Crippen LogP contribution >= 0.6 is 0 Å². The first-order valence-corrected chi connectivity index (χ1v) is 7.69. The summed E-state index contributed by atoms with van der Waals surface area (Å²) < 4.78 is 5.36. The van der Waals surface area contributed by atoms with Crippen LogP contribution in [0, 0.1) is 6.92 Å². The SMILES string of the molecule is Cc1ccc(N2CC(C)N(C(=O)OC(C)C)C(C)C2)cc1. The summed E-state index contributed by atoms with van der Waals surface area (Å²) in [4.78, 5) is 16.4. The highest BCUT2D eigenvalue weighted by atomic mass is 16.6. The Balaban J connectivity index is 2.08. The van der Waals surface area contributed by atoms with Gasteiger partial charge in [-0.2, -0.15) is 0 Å². The van der Waals surface area contributed by atoms with Crippen molar-refractivity contribution >= 4 is 11.8 Å². The molecule has 0 spiro atoms. The van der Waals surface area contributed by atoms with Crippen molar-refractivity contribution in [1.29, 1.82) is 0 Å². The minimum Gasteiger partial charge on any atom is -0.447 e. The van der Waals surface area contributed by atoms with Crippen molar-refractivity contribution in [1.82, 2.24) is 4.90 Å². The van der Waals surface area contributed by atoms with Crippen molar-refractivity contribution in [3.8, 4) is 0 Å². The van der Waals surface area contributed by atoms with Crippen LogP contribution in [0.2, 0.25) is 0 Å². The number of amides is 1. The molecule has 2 unspecified atom stereocenters. The lowest BCUT2D eigenvalue weighted by molar-refractivity contribution is 0.0469. The number of carbonyl (C=O) groups excluding carboxylic acids is 1. The van der Waals surface area contributed by atoms with Gasteiger partial charge in [-0.1, -0.05) is 17.7 Å². The largest absolute Gasteiger partial charge is 0.447 e. The molecule has 0 bridgehead atoms. The molecule has 116 valence electrons. The minimum absolute atomic E-state index is 0.0768. The van der Waals surface area contributed by atoms with E-state index in [1.165, 1.54) is 11.3 Å². The number of anilines is 1. The molecule has 2 atom stereocenters. The van der Waals surface area contributed by atoms with Crippen molar-refractivity contribution in [2.24, 2.45) is 0 Å². The fourth-order valence-electron chi connectivity index (χ4n) is 2.91. The average molecular weight is 290 g/mol. The van der Waals surface area contributed by atoms with Crippen LogP contribution in [-0.4, -0.2) is 42.3 Å². The maximum atomic E-state index is 12.2. The smallest absolute Gasteiger partial charge is 0.410 e. The van der Waals surface area contributed by atoms with Gasteiger partial charge in [0.05, 0.1) is 18.2 Å². The van der Waals surface area contributed by atoms with Crippen molar-refractivity contribution in [2.45, 2.75) is 52.8 Å². The van der Waals surface area contributed by atoms with Gasteiger partial charge in [-0.3, -0.25) is 4.90 Å². The van der Waals surface area contributed by atoms with Gasteiger partial charge in [0.1, 0.15) is 0 Å². The number of benzene rings is 1. The standard InChI is InChI=1S/C17H26N2O2/c1-12(2)21-17(20)19-14(4)10-18(11-15(19)5)16-8-6-13(3)7-9-16/h6-9,12,14-15H,10-11H2,1-5H3. The summed E-state index contributed by atoms with van der Waals surface area (Å²) in [5, 5.41) is 0. The van der Waals surface area contributed by atoms with Crippen LogP contribution in [0.4, 0.5) is 10.5 Å². The van der Waals surface area contributed by atoms with Gasteiger partial charge in [-0.25, -0.2) is 4.79 Å². The van der Waals surface area contributed by atoms with E-state index in [-0.39, 0.29) is 24.3 Å². The highest BCUT2D eigenvalue weighted by molar-refractivity contribution is 5.69. The Kier molecular flexibility index (Phi) is 4.76. The third-order valence-electron chi connectivity index (χ3n) is 3.87. The lowest BCUT2D eigenvalue weighted by atomic mass is 10.1. The monoisotopic (exact) mass is 290 g/mol. The van der Waals surface area contributed by atoms with Gasteiger partial charge in [0, 0.05) is 18.8 Å². The molecule has 4 heteroatoms. The number of rotatable bonds is 2. The Hall–Kier alpha value is -1.71. The van der Waals surface area contributed by atoms with Crippen LogP contribution in [0.25, 0.3) is 0 Å². The maximum absolute atomic E-state index is 12.2. The first-order valence-electron chi connectivity index (χ1n) is 7.69. The Labute approximate surface area is 127 Å². The normalized spacial score (nSPS) is 22.6. The van der Waals surface area contributed by atoms with E-state index in [9.17, 15) is 4.79 Å². The lowest BCUT2D eigenvalue weighted by Gasteiger charge is -2.44. The van der Waals surface area contributed by atoms with Gasteiger partial charge in [0.2, 0.25) is 0 Å². The molecular weight excluding hydrogens is 264 g/mol. The Bertz CT molecular complexity index is 472. The first kappa shape index (κ1) is 15.7. The topological polar surface area (TPSA) is 32.8 Å². The van der Waals surface area contributed by atoms with Crippen molar-refractivity contribution in [3.05, 3.63) is 29.8 Å². The molecule has 1 heterocycles. The Morgan fingerprint density at radius 3 is 2.14 bits per heavy atom. The number of nitrogens with zero attached hydrogens (tertiary/aromatic N) is 2. The summed E-state index contributed by atoms with van der Waals surface area (Å²) in [5.74, 6) is 0.